The van der Waals surface area contributed by atoms with E-state index in [9.17, 15) is 4.39 Å². The van der Waals surface area contributed by atoms with E-state index in [4.69, 9.17) is 11.6 Å². The Morgan fingerprint density at radius 1 is 1.10 bits per heavy atom. The van der Waals surface area contributed by atoms with E-state index in [1.165, 1.54) is 29.4 Å². The average Bonchev–Trinajstić information content (AvgIpc) is 3.32. The van der Waals surface area contributed by atoms with E-state index >= 15 is 0 Å². The average molecular weight is 322 g/mol. The summed E-state index contributed by atoms with van der Waals surface area (Å²) in [6.07, 6.45) is 2.62. The molecule has 2 aromatic rings. The van der Waals surface area contributed by atoms with Crippen molar-refractivity contribution in [1.29, 1.82) is 0 Å². The van der Waals surface area contributed by atoms with Crippen LogP contribution in [0.3, 0.4) is 0 Å². The Labute approximate surface area is 133 Å². The van der Waals surface area contributed by atoms with E-state index in [2.05, 4.69) is 29.6 Å². The van der Waals surface area contributed by atoms with E-state index in [0.717, 1.165) is 23.9 Å². The second-order valence-electron chi connectivity index (χ2n) is 5.34. The zero-order valence-corrected chi connectivity index (χ0v) is 13.2. The highest BCUT2D eigenvalue weighted by Gasteiger charge is 2.19. The van der Waals surface area contributed by atoms with Crippen molar-refractivity contribution < 1.29 is 4.39 Å². The monoisotopic (exact) mass is 321 g/mol. The van der Waals surface area contributed by atoms with E-state index in [1.54, 1.807) is 17.8 Å². The second-order valence-corrected chi connectivity index (χ2v) is 6.79. The van der Waals surface area contributed by atoms with Crippen molar-refractivity contribution in [3.8, 4) is 0 Å². The van der Waals surface area contributed by atoms with Gasteiger partial charge in [-0.2, -0.15) is 0 Å². The molecule has 0 unspecified atom stereocenters. The first-order valence-corrected chi connectivity index (χ1v) is 8.46. The molecule has 1 fully saturated rings. The Balaban J connectivity index is 1.53. The topological polar surface area (TPSA) is 12.0 Å². The second kappa shape index (κ2) is 6.82. The molecular formula is C17H17ClFNS. The lowest BCUT2D eigenvalue weighted by molar-refractivity contribution is 0.627. The van der Waals surface area contributed by atoms with Gasteiger partial charge in [-0.3, -0.25) is 0 Å². The van der Waals surface area contributed by atoms with Gasteiger partial charge in [0.1, 0.15) is 5.82 Å². The molecule has 2 aromatic carbocycles. The van der Waals surface area contributed by atoms with Crippen LogP contribution in [0.5, 0.6) is 0 Å². The van der Waals surface area contributed by atoms with Crippen LogP contribution in [0, 0.1) is 5.82 Å². The molecule has 110 valence electrons. The molecule has 1 N–H and O–H groups in total. The third-order valence-electron chi connectivity index (χ3n) is 3.49. The van der Waals surface area contributed by atoms with E-state index < -0.39 is 0 Å². The van der Waals surface area contributed by atoms with Crippen LogP contribution in [0.4, 0.5) is 4.39 Å². The van der Waals surface area contributed by atoms with Gasteiger partial charge < -0.3 is 5.32 Å². The molecule has 21 heavy (non-hydrogen) atoms. The van der Waals surface area contributed by atoms with Gasteiger partial charge >= 0.3 is 0 Å². The highest BCUT2D eigenvalue weighted by Crippen LogP contribution is 2.25. The SMILES string of the molecule is Fc1cc(CSc2ccc(CNC3CC3)cc2)ccc1Cl. The number of rotatable bonds is 6. The highest BCUT2D eigenvalue weighted by molar-refractivity contribution is 7.98. The molecule has 0 atom stereocenters. The number of halogens is 2. The molecule has 0 amide bonds. The van der Waals surface area contributed by atoms with Gasteiger partial charge in [-0.05, 0) is 48.2 Å². The van der Waals surface area contributed by atoms with Crippen molar-refractivity contribution in [2.75, 3.05) is 0 Å². The fourth-order valence-electron chi connectivity index (χ4n) is 2.05. The summed E-state index contributed by atoms with van der Waals surface area (Å²) in [5, 5.41) is 3.68. The van der Waals surface area contributed by atoms with Crippen molar-refractivity contribution in [2.45, 2.75) is 36.1 Å². The standard InChI is InChI=1S/C17H17ClFNS/c18-16-8-3-13(9-17(16)19)11-21-15-6-1-12(2-7-15)10-20-14-4-5-14/h1-3,6-9,14,20H,4-5,10-11H2. The predicted molar refractivity (Wildman–Crippen MR) is 87.3 cm³/mol. The molecule has 0 saturated heterocycles. The summed E-state index contributed by atoms with van der Waals surface area (Å²) in [5.74, 6) is 0.393. The molecule has 3 rings (SSSR count). The third-order valence-corrected chi connectivity index (χ3v) is 4.87. The van der Waals surface area contributed by atoms with Gasteiger partial charge in [-0.1, -0.05) is 29.8 Å². The van der Waals surface area contributed by atoms with Crippen LogP contribution in [-0.2, 0) is 12.3 Å². The number of nitrogens with one attached hydrogen (secondary N) is 1. The molecule has 4 heteroatoms. The summed E-state index contributed by atoms with van der Waals surface area (Å²) in [4.78, 5) is 1.19. The van der Waals surface area contributed by atoms with Crippen molar-refractivity contribution in [1.82, 2.24) is 5.32 Å². The molecule has 0 heterocycles. The lowest BCUT2D eigenvalue weighted by Gasteiger charge is -2.06. The predicted octanol–water partition coefficient (Wildman–Crippen LogP) is 5.02. The number of thioether (sulfide) groups is 1. The van der Waals surface area contributed by atoms with Gasteiger partial charge in [-0.25, -0.2) is 4.39 Å². The van der Waals surface area contributed by atoms with Crippen LogP contribution in [0.15, 0.2) is 47.4 Å². The van der Waals surface area contributed by atoms with Crippen molar-refractivity contribution in [2.24, 2.45) is 0 Å². The van der Waals surface area contributed by atoms with Crippen LogP contribution in [0.2, 0.25) is 5.02 Å². The first kappa shape index (κ1) is 14.9. The summed E-state index contributed by atoms with van der Waals surface area (Å²) < 4.78 is 13.4. The normalized spacial score (nSPS) is 14.4. The van der Waals surface area contributed by atoms with E-state index in [1.807, 2.05) is 6.07 Å². The molecule has 0 spiro atoms. The zero-order valence-electron chi connectivity index (χ0n) is 11.6. The number of hydrogen-bond donors (Lipinski definition) is 1. The van der Waals surface area contributed by atoms with Gasteiger partial charge in [0.05, 0.1) is 5.02 Å². The molecule has 0 aliphatic heterocycles. The minimum Gasteiger partial charge on any atom is -0.310 e. The zero-order chi connectivity index (χ0) is 14.7. The highest BCUT2D eigenvalue weighted by atomic mass is 35.5. The fraction of sp³-hybridized carbons (Fsp3) is 0.294. The van der Waals surface area contributed by atoms with Crippen LogP contribution in [0.25, 0.3) is 0 Å². The lowest BCUT2D eigenvalue weighted by atomic mass is 10.2. The smallest absolute Gasteiger partial charge is 0.142 e. The Morgan fingerprint density at radius 2 is 1.81 bits per heavy atom. The molecule has 0 bridgehead atoms. The van der Waals surface area contributed by atoms with Crippen molar-refractivity contribution in [3.05, 3.63) is 64.4 Å². The fourth-order valence-corrected chi connectivity index (χ4v) is 3.01. The first-order valence-electron chi connectivity index (χ1n) is 7.10. The minimum atomic E-state index is -0.351. The molecule has 0 radical (unpaired) electrons. The Morgan fingerprint density at radius 3 is 2.48 bits per heavy atom. The molecular weight excluding hydrogens is 305 g/mol. The maximum atomic E-state index is 13.4. The Kier molecular flexibility index (Phi) is 4.84. The van der Waals surface area contributed by atoms with Gasteiger partial charge in [-0.15, -0.1) is 11.8 Å². The quantitative estimate of drug-likeness (QED) is 0.749. The Bertz CT molecular complexity index is 611. The molecule has 1 saturated carbocycles. The summed E-state index contributed by atoms with van der Waals surface area (Å²) >= 11 is 7.39. The summed E-state index contributed by atoms with van der Waals surface area (Å²) in [5.41, 5.74) is 2.25. The van der Waals surface area contributed by atoms with Crippen molar-refractivity contribution >= 4 is 23.4 Å². The molecule has 1 nitrogen and oxygen atoms in total. The van der Waals surface area contributed by atoms with Gasteiger partial charge in [0, 0.05) is 23.2 Å². The lowest BCUT2D eigenvalue weighted by Crippen LogP contribution is -2.14. The number of hydrogen-bond acceptors (Lipinski definition) is 2. The van der Waals surface area contributed by atoms with E-state index in [0.29, 0.717) is 0 Å². The molecule has 1 aliphatic carbocycles. The van der Waals surface area contributed by atoms with Gasteiger partial charge in [0.25, 0.3) is 0 Å². The van der Waals surface area contributed by atoms with Crippen LogP contribution < -0.4 is 5.32 Å². The van der Waals surface area contributed by atoms with Crippen LogP contribution in [0.1, 0.15) is 24.0 Å². The molecule has 1 aliphatic rings. The third kappa shape index (κ3) is 4.47. The van der Waals surface area contributed by atoms with Gasteiger partial charge in [0.2, 0.25) is 0 Å². The molecule has 0 aromatic heterocycles. The maximum Gasteiger partial charge on any atom is 0.142 e. The van der Waals surface area contributed by atoms with Gasteiger partial charge in [0.15, 0.2) is 0 Å². The summed E-state index contributed by atoms with van der Waals surface area (Å²) in [6.45, 7) is 0.942. The first-order chi connectivity index (χ1) is 10.2. The van der Waals surface area contributed by atoms with Crippen LogP contribution in [-0.4, -0.2) is 6.04 Å². The van der Waals surface area contributed by atoms with Crippen molar-refractivity contribution in [3.63, 3.8) is 0 Å². The number of benzene rings is 2. The van der Waals surface area contributed by atoms with E-state index in [-0.39, 0.29) is 10.8 Å². The summed E-state index contributed by atoms with van der Waals surface area (Å²) in [7, 11) is 0. The largest absolute Gasteiger partial charge is 0.310 e. The minimum absolute atomic E-state index is 0.177. The summed E-state index contributed by atoms with van der Waals surface area (Å²) in [6, 6.07) is 14.3. The maximum absolute atomic E-state index is 13.4. The van der Waals surface area contributed by atoms with Crippen LogP contribution >= 0.6 is 23.4 Å². The Hall–Kier alpha value is -1.03.